The van der Waals surface area contributed by atoms with Gasteiger partial charge in [0.15, 0.2) is 11.5 Å². The van der Waals surface area contributed by atoms with Crippen molar-refractivity contribution in [3.63, 3.8) is 0 Å². The van der Waals surface area contributed by atoms with Gasteiger partial charge in [-0.2, -0.15) is 5.26 Å². The molecule has 1 aromatic rings. The number of rotatable bonds is 3. The molecule has 0 aromatic heterocycles. The van der Waals surface area contributed by atoms with Gasteiger partial charge >= 0.3 is 0 Å². The average Bonchev–Trinajstić information content (AvgIpc) is 2.64. The van der Waals surface area contributed by atoms with E-state index in [1.807, 2.05) is 39.1 Å². The van der Waals surface area contributed by atoms with Gasteiger partial charge in [-0.1, -0.05) is 6.07 Å². The fraction of sp³-hybridized carbons (Fsp3) is 0.533. The Balaban J connectivity index is 2.35. The highest BCUT2D eigenvalue weighted by Gasteiger charge is 2.30. The van der Waals surface area contributed by atoms with E-state index < -0.39 is 5.41 Å². The van der Waals surface area contributed by atoms with E-state index in [9.17, 15) is 5.26 Å². The van der Waals surface area contributed by atoms with Crippen molar-refractivity contribution in [1.29, 1.82) is 5.26 Å². The summed E-state index contributed by atoms with van der Waals surface area (Å²) >= 11 is 0. The van der Waals surface area contributed by atoms with Crippen molar-refractivity contribution < 1.29 is 9.47 Å². The molecule has 102 valence electrons. The quantitative estimate of drug-likeness (QED) is 0.907. The fourth-order valence-electron chi connectivity index (χ4n) is 2.37. The summed E-state index contributed by atoms with van der Waals surface area (Å²) in [4.78, 5) is 0. The Labute approximate surface area is 114 Å². The molecule has 1 atom stereocenters. The van der Waals surface area contributed by atoms with E-state index in [2.05, 4.69) is 11.4 Å². The molecule has 1 heterocycles. The van der Waals surface area contributed by atoms with Crippen molar-refractivity contribution >= 4 is 0 Å². The number of hydrogen-bond acceptors (Lipinski definition) is 4. The molecule has 19 heavy (non-hydrogen) atoms. The third kappa shape index (κ3) is 2.82. The van der Waals surface area contributed by atoms with Gasteiger partial charge in [0.05, 0.1) is 30.7 Å². The molecule has 1 aromatic carbocycles. The predicted molar refractivity (Wildman–Crippen MR) is 73.2 cm³/mol. The summed E-state index contributed by atoms with van der Waals surface area (Å²) in [5.74, 6) is 1.55. The molecule has 1 unspecified atom stereocenters. The molecule has 0 saturated carbocycles. The first-order valence-electron chi connectivity index (χ1n) is 6.56. The number of hydrogen-bond donors (Lipinski definition) is 1. The highest BCUT2D eigenvalue weighted by atomic mass is 16.5. The highest BCUT2D eigenvalue weighted by molar-refractivity contribution is 5.45. The van der Waals surface area contributed by atoms with Gasteiger partial charge in [-0.05, 0) is 38.6 Å². The van der Waals surface area contributed by atoms with Crippen molar-refractivity contribution in [3.05, 3.63) is 23.8 Å². The number of nitrogens with zero attached hydrogens (tertiary/aromatic N) is 1. The first-order chi connectivity index (χ1) is 9.08. The zero-order chi connectivity index (χ0) is 13.9. The zero-order valence-corrected chi connectivity index (χ0v) is 11.7. The molecule has 0 amide bonds. The number of ether oxygens (including phenoxy) is 2. The minimum absolute atomic E-state index is 0.0466. The monoisotopic (exact) mass is 260 g/mol. The van der Waals surface area contributed by atoms with Crippen LogP contribution in [0.5, 0.6) is 11.5 Å². The largest absolute Gasteiger partial charge is 0.490 e. The lowest BCUT2D eigenvalue weighted by Gasteiger charge is -2.28. The van der Waals surface area contributed by atoms with Gasteiger partial charge in [0.1, 0.15) is 0 Å². The van der Waals surface area contributed by atoms with Gasteiger partial charge in [0.25, 0.3) is 0 Å². The maximum Gasteiger partial charge on any atom is 0.161 e. The van der Waals surface area contributed by atoms with Crippen molar-refractivity contribution in [2.24, 2.45) is 5.41 Å². The first kappa shape index (κ1) is 13.7. The number of fused-ring (bicyclic) bond motifs is 1. The Morgan fingerprint density at radius 1 is 1.26 bits per heavy atom. The summed E-state index contributed by atoms with van der Waals surface area (Å²) in [6, 6.07) is 8.19. The van der Waals surface area contributed by atoms with Crippen molar-refractivity contribution in [2.45, 2.75) is 26.3 Å². The normalized spacial score (nSPS) is 16.3. The lowest BCUT2D eigenvalue weighted by atomic mass is 9.82. The molecule has 4 nitrogen and oxygen atoms in total. The van der Waals surface area contributed by atoms with Gasteiger partial charge in [-0.25, -0.2) is 0 Å². The second-order valence-electron chi connectivity index (χ2n) is 5.31. The molecular weight excluding hydrogens is 240 g/mol. The smallest absolute Gasteiger partial charge is 0.161 e. The second-order valence-corrected chi connectivity index (χ2v) is 5.31. The molecule has 0 fully saturated rings. The molecule has 0 radical (unpaired) electrons. The summed E-state index contributed by atoms with van der Waals surface area (Å²) in [6.45, 7) is 5.21. The standard InChI is InChI=1S/C15H20N2O2/c1-15(2,10-16)14(17-3)11-5-6-12-13(9-11)19-8-4-7-18-12/h5-6,9,14,17H,4,7-8H2,1-3H3. The summed E-state index contributed by atoms with van der Waals surface area (Å²) in [5, 5.41) is 12.5. The molecule has 0 bridgehead atoms. The van der Waals surface area contributed by atoms with Gasteiger partial charge in [0, 0.05) is 6.42 Å². The van der Waals surface area contributed by atoms with Gasteiger partial charge in [-0.15, -0.1) is 0 Å². The summed E-state index contributed by atoms with van der Waals surface area (Å²) in [5.41, 5.74) is 0.549. The number of nitriles is 1. The molecule has 0 aliphatic carbocycles. The van der Waals surface area contributed by atoms with Crippen molar-refractivity contribution in [1.82, 2.24) is 5.32 Å². The first-order valence-corrected chi connectivity index (χ1v) is 6.56. The van der Waals surface area contributed by atoms with Crippen LogP contribution in [0.4, 0.5) is 0 Å². The van der Waals surface area contributed by atoms with Crippen molar-refractivity contribution in [3.8, 4) is 17.6 Å². The lowest BCUT2D eigenvalue weighted by molar-refractivity contribution is 0.296. The highest BCUT2D eigenvalue weighted by Crippen LogP contribution is 2.37. The third-order valence-corrected chi connectivity index (χ3v) is 3.40. The summed E-state index contributed by atoms with van der Waals surface area (Å²) in [7, 11) is 1.87. The van der Waals surface area contributed by atoms with Crippen LogP contribution in [0.1, 0.15) is 31.9 Å². The van der Waals surface area contributed by atoms with Crippen molar-refractivity contribution in [2.75, 3.05) is 20.3 Å². The number of benzene rings is 1. The van der Waals surface area contributed by atoms with Crippen LogP contribution in [-0.4, -0.2) is 20.3 Å². The molecular formula is C15H20N2O2. The molecule has 1 N–H and O–H groups in total. The van der Waals surface area contributed by atoms with E-state index in [1.165, 1.54) is 0 Å². The minimum atomic E-state index is -0.491. The van der Waals surface area contributed by atoms with Crippen LogP contribution in [0, 0.1) is 16.7 Å². The molecule has 2 rings (SSSR count). The van der Waals surface area contributed by atoms with E-state index in [0.29, 0.717) is 13.2 Å². The maximum absolute atomic E-state index is 9.29. The molecule has 0 saturated heterocycles. The Kier molecular flexibility index (Phi) is 3.96. The van der Waals surface area contributed by atoms with Crippen LogP contribution >= 0.6 is 0 Å². The lowest BCUT2D eigenvalue weighted by Crippen LogP contribution is -2.30. The SMILES string of the molecule is CNC(c1ccc2c(c1)OCCCO2)C(C)(C)C#N. The van der Waals surface area contributed by atoms with Gasteiger partial charge in [0.2, 0.25) is 0 Å². The van der Waals surface area contributed by atoms with E-state index in [-0.39, 0.29) is 6.04 Å². The van der Waals surface area contributed by atoms with Crippen LogP contribution in [0.3, 0.4) is 0 Å². The Morgan fingerprint density at radius 3 is 2.58 bits per heavy atom. The van der Waals surface area contributed by atoms with Crippen LogP contribution in [0.25, 0.3) is 0 Å². The van der Waals surface area contributed by atoms with E-state index in [1.54, 1.807) is 0 Å². The molecule has 1 aliphatic heterocycles. The summed E-state index contributed by atoms with van der Waals surface area (Å²) in [6.07, 6.45) is 0.892. The Bertz CT molecular complexity index is 491. The van der Waals surface area contributed by atoms with Gasteiger partial charge in [-0.3, -0.25) is 0 Å². The number of nitrogens with one attached hydrogen (secondary N) is 1. The Hall–Kier alpha value is -1.73. The fourth-order valence-corrected chi connectivity index (χ4v) is 2.37. The van der Waals surface area contributed by atoms with Gasteiger partial charge < -0.3 is 14.8 Å². The minimum Gasteiger partial charge on any atom is -0.490 e. The predicted octanol–water partition coefficient (Wildman–Crippen LogP) is 2.66. The topological polar surface area (TPSA) is 54.3 Å². The molecule has 4 heteroatoms. The molecule has 1 aliphatic rings. The van der Waals surface area contributed by atoms with E-state index in [4.69, 9.17) is 9.47 Å². The van der Waals surface area contributed by atoms with Crippen LogP contribution < -0.4 is 14.8 Å². The van der Waals surface area contributed by atoms with Crippen LogP contribution in [-0.2, 0) is 0 Å². The molecule has 0 spiro atoms. The second kappa shape index (κ2) is 5.50. The average molecular weight is 260 g/mol. The zero-order valence-electron chi connectivity index (χ0n) is 11.7. The van der Waals surface area contributed by atoms with E-state index in [0.717, 1.165) is 23.5 Å². The van der Waals surface area contributed by atoms with Crippen LogP contribution in [0.2, 0.25) is 0 Å². The third-order valence-electron chi connectivity index (χ3n) is 3.40. The Morgan fingerprint density at radius 2 is 1.95 bits per heavy atom. The van der Waals surface area contributed by atoms with E-state index >= 15 is 0 Å². The summed E-state index contributed by atoms with van der Waals surface area (Å²) < 4.78 is 11.3. The van der Waals surface area contributed by atoms with Crippen LogP contribution in [0.15, 0.2) is 18.2 Å². The maximum atomic E-state index is 9.29.